The molecule has 7 heteroatoms. The Balaban J connectivity index is 1.77. The van der Waals surface area contributed by atoms with Crippen molar-refractivity contribution in [2.24, 2.45) is 0 Å². The average molecular weight is 310 g/mol. The molecule has 1 saturated carbocycles. The molecule has 0 radical (unpaired) electrons. The van der Waals surface area contributed by atoms with Crippen molar-refractivity contribution in [2.45, 2.75) is 30.7 Å². The summed E-state index contributed by atoms with van der Waals surface area (Å²) < 4.78 is 27.2. The fourth-order valence-corrected chi connectivity index (χ4v) is 4.34. The van der Waals surface area contributed by atoms with E-state index in [2.05, 4.69) is 15.2 Å². The summed E-state index contributed by atoms with van der Waals surface area (Å²) in [5, 5.41) is 3.10. The smallest absolute Gasteiger partial charge is 0.246 e. The minimum absolute atomic E-state index is 0.284. The first kappa shape index (κ1) is 14.7. The van der Waals surface area contributed by atoms with Gasteiger partial charge in [-0.2, -0.15) is 4.31 Å². The molecule has 1 aliphatic carbocycles. The van der Waals surface area contributed by atoms with E-state index in [1.807, 2.05) is 6.92 Å². The van der Waals surface area contributed by atoms with Crippen molar-refractivity contribution in [2.75, 3.05) is 38.0 Å². The molecule has 1 saturated heterocycles. The highest BCUT2D eigenvalue weighted by molar-refractivity contribution is 7.89. The van der Waals surface area contributed by atoms with Crippen LogP contribution in [0, 0.1) is 0 Å². The molecule has 2 fully saturated rings. The molecule has 21 heavy (non-hydrogen) atoms. The molecule has 0 aromatic carbocycles. The maximum absolute atomic E-state index is 12.8. The first-order valence-electron chi connectivity index (χ1n) is 7.55. The zero-order valence-corrected chi connectivity index (χ0v) is 13.1. The van der Waals surface area contributed by atoms with Gasteiger partial charge in [0.25, 0.3) is 0 Å². The van der Waals surface area contributed by atoms with Gasteiger partial charge in [-0.15, -0.1) is 0 Å². The lowest BCUT2D eigenvalue weighted by Gasteiger charge is -2.34. The quantitative estimate of drug-likeness (QED) is 0.878. The van der Waals surface area contributed by atoms with E-state index < -0.39 is 10.0 Å². The van der Waals surface area contributed by atoms with Crippen LogP contribution in [0.1, 0.15) is 19.8 Å². The summed E-state index contributed by atoms with van der Waals surface area (Å²) in [6, 6.07) is 2.42. The lowest BCUT2D eigenvalue weighted by Crippen LogP contribution is -2.49. The Bertz CT molecular complexity index is 593. The molecule has 0 bridgehead atoms. The zero-order valence-electron chi connectivity index (χ0n) is 12.3. The molecule has 0 unspecified atom stereocenters. The third kappa shape index (κ3) is 3.04. The van der Waals surface area contributed by atoms with E-state index >= 15 is 0 Å². The van der Waals surface area contributed by atoms with Gasteiger partial charge < -0.3 is 5.32 Å². The van der Waals surface area contributed by atoms with Crippen LogP contribution in [-0.4, -0.2) is 61.4 Å². The number of piperazine rings is 1. The molecule has 1 aromatic heterocycles. The van der Waals surface area contributed by atoms with E-state index in [9.17, 15) is 8.42 Å². The Morgan fingerprint density at radius 1 is 1.29 bits per heavy atom. The van der Waals surface area contributed by atoms with E-state index in [-0.39, 0.29) is 4.90 Å². The van der Waals surface area contributed by atoms with Gasteiger partial charge >= 0.3 is 0 Å². The fourth-order valence-electron chi connectivity index (χ4n) is 2.81. The number of nitrogens with zero attached hydrogens (tertiary/aromatic N) is 3. The van der Waals surface area contributed by atoms with Crippen molar-refractivity contribution < 1.29 is 8.42 Å². The van der Waals surface area contributed by atoms with Crippen LogP contribution in [0.15, 0.2) is 23.4 Å². The average Bonchev–Trinajstić information content (AvgIpc) is 3.33. The van der Waals surface area contributed by atoms with Crippen LogP contribution in [0.2, 0.25) is 0 Å². The Kier molecular flexibility index (Phi) is 4.14. The van der Waals surface area contributed by atoms with E-state index in [4.69, 9.17) is 0 Å². The van der Waals surface area contributed by atoms with Crippen LogP contribution in [-0.2, 0) is 10.0 Å². The monoisotopic (exact) mass is 310 g/mol. The molecule has 116 valence electrons. The van der Waals surface area contributed by atoms with Gasteiger partial charge in [0, 0.05) is 51.2 Å². The van der Waals surface area contributed by atoms with Crippen molar-refractivity contribution in [3.8, 4) is 0 Å². The van der Waals surface area contributed by atoms with Gasteiger partial charge in [0.2, 0.25) is 10.0 Å². The maximum Gasteiger partial charge on any atom is 0.246 e. The van der Waals surface area contributed by atoms with E-state index in [1.165, 1.54) is 19.0 Å². The number of nitrogens with one attached hydrogen (secondary N) is 1. The molecule has 6 nitrogen and oxygen atoms in total. The molecule has 2 heterocycles. The largest absolute Gasteiger partial charge is 0.384 e. The summed E-state index contributed by atoms with van der Waals surface area (Å²) in [5.74, 6) is 0. The number of hydrogen-bond donors (Lipinski definition) is 1. The molecule has 0 amide bonds. The van der Waals surface area contributed by atoms with Crippen LogP contribution >= 0.6 is 0 Å². The number of sulfonamides is 1. The Morgan fingerprint density at radius 3 is 2.62 bits per heavy atom. The number of anilines is 1. The van der Waals surface area contributed by atoms with Crippen molar-refractivity contribution >= 4 is 15.7 Å². The van der Waals surface area contributed by atoms with Gasteiger partial charge in [-0.25, -0.2) is 8.42 Å². The van der Waals surface area contributed by atoms with Crippen LogP contribution in [0.25, 0.3) is 0 Å². The minimum atomic E-state index is -3.46. The molecule has 3 rings (SSSR count). The lowest BCUT2D eigenvalue weighted by molar-refractivity contribution is 0.180. The van der Waals surface area contributed by atoms with Gasteiger partial charge in [-0.3, -0.25) is 9.88 Å². The lowest BCUT2D eigenvalue weighted by atomic mass is 10.3. The van der Waals surface area contributed by atoms with Gasteiger partial charge in [0.1, 0.15) is 4.90 Å². The first-order chi connectivity index (χ1) is 10.1. The van der Waals surface area contributed by atoms with Crippen LogP contribution in [0.4, 0.5) is 5.69 Å². The van der Waals surface area contributed by atoms with Gasteiger partial charge in [0.15, 0.2) is 0 Å². The normalized spacial score (nSPS) is 21.4. The molecule has 1 aromatic rings. The van der Waals surface area contributed by atoms with Crippen molar-refractivity contribution in [3.63, 3.8) is 0 Å². The van der Waals surface area contributed by atoms with E-state index in [1.54, 1.807) is 16.6 Å². The van der Waals surface area contributed by atoms with E-state index in [0.29, 0.717) is 31.4 Å². The predicted octanol–water partition coefficient (Wildman–Crippen LogP) is 0.982. The maximum atomic E-state index is 12.8. The highest BCUT2D eigenvalue weighted by atomic mass is 32.2. The van der Waals surface area contributed by atoms with Crippen LogP contribution in [0.5, 0.6) is 0 Å². The number of pyridine rings is 1. The first-order valence-corrected chi connectivity index (χ1v) is 8.99. The summed E-state index contributed by atoms with van der Waals surface area (Å²) in [4.78, 5) is 6.67. The summed E-state index contributed by atoms with van der Waals surface area (Å²) in [6.07, 6.45) is 5.59. The second-order valence-electron chi connectivity index (χ2n) is 5.57. The third-order valence-electron chi connectivity index (χ3n) is 4.11. The predicted molar refractivity (Wildman–Crippen MR) is 81.8 cm³/mol. The van der Waals surface area contributed by atoms with Crippen molar-refractivity contribution in [1.82, 2.24) is 14.2 Å². The number of aromatic nitrogens is 1. The summed E-state index contributed by atoms with van der Waals surface area (Å²) in [6.45, 7) is 5.44. The third-order valence-corrected chi connectivity index (χ3v) is 6.03. The summed E-state index contributed by atoms with van der Waals surface area (Å²) >= 11 is 0. The second kappa shape index (κ2) is 5.90. The Morgan fingerprint density at radius 2 is 2.00 bits per heavy atom. The Hall–Kier alpha value is -1.18. The number of rotatable bonds is 5. The molecule has 1 aliphatic heterocycles. The molecule has 1 N–H and O–H groups in total. The molecular weight excluding hydrogens is 288 g/mol. The van der Waals surface area contributed by atoms with Gasteiger partial charge in [-0.05, 0) is 25.8 Å². The zero-order chi connectivity index (χ0) is 14.9. The van der Waals surface area contributed by atoms with Gasteiger partial charge in [0.05, 0.1) is 5.69 Å². The SMILES string of the molecule is CCNc1ccncc1S(=O)(=O)N1CCN(C2CC2)CC1. The standard InChI is InChI=1S/C14H22N4O2S/c1-2-16-13-5-6-15-11-14(13)21(19,20)18-9-7-17(8-10-18)12-3-4-12/h5-6,11-12H,2-4,7-10H2,1H3,(H,15,16). The van der Waals surface area contributed by atoms with Crippen LogP contribution < -0.4 is 5.32 Å². The Labute approximate surface area is 126 Å². The summed E-state index contributed by atoms with van der Waals surface area (Å²) in [5.41, 5.74) is 0.636. The topological polar surface area (TPSA) is 65.5 Å². The molecule has 0 spiro atoms. The molecule has 2 aliphatic rings. The summed E-state index contributed by atoms with van der Waals surface area (Å²) in [7, 11) is -3.46. The highest BCUT2D eigenvalue weighted by Crippen LogP contribution is 2.29. The molecular formula is C14H22N4O2S. The fraction of sp³-hybridized carbons (Fsp3) is 0.643. The number of hydrogen-bond acceptors (Lipinski definition) is 5. The van der Waals surface area contributed by atoms with Gasteiger partial charge in [-0.1, -0.05) is 0 Å². The molecule has 0 atom stereocenters. The van der Waals surface area contributed by atoms with Crippen LogP contribution in [0.3, 0.4) is 0 Å². The van der Waals surface area contributed by atoms with E-state index in [0.717, 1.165) is 13.1 Å². The van der Waals surface area contributed by atoms with Crippen molar-refractivity contribution in [1.29, 1.82) is 0 Å². The highest BCUT2D eigenvalue weighted by Gasteiger charge is 2.35. The second-order valence-corrected chi connectivity index (χ2v) is 7.48. The minimum Gasteiger partial charge on any atom is -0.384 e. The van der Waals surface area contributed by atoms with Crippen molar-refractivity contribution in [3.05, 3.63) is 18.5 Å².